The molecule has 0 radical (unpaired) electrons. The van der Waals surface area contributed by atoms with E-state index in [0.29, 0.717) is 22.7 Å². The van der Waals surface area contributed by atoms with Gasteiger partial charge in [0.05, 0.1) is 28.8 Å². The van der Waals surface area contributed by atoms with Gasteiger partial charge in [0.2, 0.25) is 5.91 Å². The lowest BCUT2D eigenvalue weighted by molar-refractivity contribution is -0.115. The van der Waals surface area contributed by atoms with Crippen LogP contribution in [0.4, 0.5) is 5.69 Å². The van der Waals surface area contributed by atoms with Crippen molar-refractivity contribution in [3.63, 3.8) is 0 Å². The molecule has 1 amide bonds. The smallest absolute Gasteiger partial charge is 0.228 e. The minimum absolute atomic E-state index is 0.129. The van der Waals surface area contributed by atoms with Crippen molar-refractivity contribution in [3.8, 4) is 6.07 Å². The molecule has 0 unspecified atom stereocenters. The summed E-state index contributed by atoms with van der Waals surface area (Å²) in [4.78, 5) is 12.1. The Bertz CT molecular complexity index is 732. The second-order valence-electron chi connectivity index (χ2n) is 4.96. The van der Waals surface area contributed by atoms with Gasteiger partial charge in [-0.05, 0) is 43.2 Å². The number of benzene rings is 2. The van der Waals surface area contributed by atoms with Crippen LogP contribution in [0, 0.1) is 25.2 Å². The van der Waals surface area contributed by atoms with Crippen LogP contribution in [-0.2, 0) is 11.2 Å². The van der Waals surface area contributed by atoms with Crippen LogP contribution in [0.15, 0.2) is 36.4 Å². The predicted molar refractivity (Wildman–Crippen MR) is 84.4 cm³/mol. The summed E-state index contributed by atoms with van der Waals surface area (Å²) in [6.07, 6.45) is 0.295. The fourth-order valence-electron chi connectivity index (χ4n) is 2.04. The Hall–Kier alpha value is -2.31. The molecule has 0 saturated heterocycles. The van der Waals surface area contributed by atoms with Crippen molar-refractivity contribution >= 4 is 23.2 Å². The molecule has 0 aliphatic rings. The number of carbonyl (C=O) groups excluding carboxylic acids is 1. The van der Waals surface area contributed by atoms with Gasteiger partial charge in [0.15, 0.2) is 0 Å². The van der Waals surface area contributed by atoms with Crippen LogP contribution < -0.4 is 5.32 Å². The maximum Gasteiger partial charge on any atom is 0.228 e. The topological polar surface area (TPSA) is 52.9 Å². The van der Waals surface area contributed by atoms with Crippen LogP contribution >= 0.6 is 11.6 Å². The van der Waals surface area contributed by atoms with Crippen molar-refractivity contribution in [2.75, 3.05) is 5.32 Å². The molecule has 2 aromatic carbocycles. The molecule has 0 fully saturated rings. The van der Waals surface area contributed by atoms with Gasteiger partial charge < -0.3 is 5.32 Å². The molecule has 2 rings (SSSR count). The van der Waals surface area contributed by atoms with Gasteiger partial charge in [0, 0.05) is 0 Å². The molecule has 3 nitrogen and oxygen atoms in total. The van der Waals surface area contributed by atoms with Gasteiger partial charge in [0.1, 0.15) is 0 Å². The molecule has 0 aliphatic heterocycles. The number of anilines is 1. The largest absolute Gasteiger partial charge is 0.324 e. The molecule has 0 spiro atoms. The first-order valence-electron chi connectivity index (χ1n) is 6.55. The van der Waals surface area contributed by atoms with Gasteiger partial charge in [-0.2, -0.15) is 5.26 Å². The average molecular weight is 299 g/mol. The summed E-state index contributed by atoms with van der Waals surface area (Å²) in [7, 11) is 0. The van der Waals surface area contributed by atoms with Crippen molar-refractivity contribution in [3.05, 3.63) is 63.7 Å². The number of nitrogens with one attached hydrogen (secondary N) is 1. The van der Waals surface area contributed by atoms with Crippen molar-refractivity contribution < 1.29 is 4.79 Å². The molecule has 4 heteroatoms. The average Bonchev–Trinajstić information content (AvgIpc) is 2.45. The van der Waals surface area contributed by atoms with Crippen LogP contribution in [0.5, 0.6) is 0 Å². The number of nitriles is 1. The molecule has 106 valence electrons. The highest BCUT2D eigenvalue weighted by Crippen LogP contribution is 2.23. The molecule has 0 aromatic heterocycles. The van der Waals surface area contributed by atoms with Crippen LogP contribution in [0.2, 0.25) is 5.02 Å². The third-order valence-electron chi connectivity index (χ3n) is 3.23. The van der Waals surface area contributed by atoms with E-state index in [0.717, 1.165) is 16.7 Å². The number of carbonyl (C=O) groups is 1. The Morgan fingerprint density at radius 2 is 2.00 bits per heavy atom. The lowest BCUT2D eigenvalue weighted by Gasteiger charge is -2.09. The van der Waals surface area contributed by atoms with Gasteiger partial charge in [-0.15, -0.1) is 0 Å². The number of rotatable bonds is 3. The normalized spacial score (nSPS) is 10.0. The van der Waals surface area contributed by atoms with E-state index in [2.05, 4.69) is 5.32 Å². The second kappa shape index (κ2) is 6.43. The Balaban J connectivity index is 2.12. The van der Waals surface area contributed by atoms with Crippen LogP contribution in [0.1, 0.15) is 22.3 Å². The van der Waals surface area contributed by atoms with Crippen molar-refractivity contribution in [2.45, 2.75) is 20.3 Å². The Labute approximate surface area is 129 Å². The lowest BCUT2D eigenvalue weighted by Crippen LogP contribution is -2.15. The number of nitrogens with zero attached hydrogens (tertiary/aromatic N) is 1. The number of aryl methyl sites for hydroxylation is 2. The number of hydrogen-bond donors (Lipinski definition) is 1. The first-order valence-corrected chi connectivity index (χ1v) is 6.93. The van der Waals surface area contributed by atoms with Crippen LogP contribution in [-0.4, -0.2) is 5.91 Å². The van der Waals surface area contributed by atoms with Gasteiger partial charge in [0.25, 0.3) is 0 Å². The lowest BCUT2D eigenvalue weighted by atomic mass is 10.0. The van der Waals surface area contributed by atoms with Gasteiger partial charge >= 0.3 is 0 Å². The van der Waals surface area contributed by atoms with E-state index in [4.69, 9.17) is 16.9 Å². The maximum absolute atomic E-state index is 12.1. The quantitative estimate of drug-likeness (QED) is 0.931. The number of amides is 1. The van der Waals surface area contributed by atoms with Gasteiger partial charge in [-0.3, -0.25) is 4.79 Å². The summed E-state index contributed by atoms with van der Waals surface area (Å²) in [6.45, 7) is 3.98. The molecule has 21 heavy (non-hydrogen) atoms. The SMILES string of the molecule is Cc1ccc(C)c(CC(=O)Nc2ccc(C#N)cc2Cl)c1. The summed E-state index contributed by atoms with van der Waals surface area (Å²) >= 11 is 6.05. The maximum atomic E-state index is 12.1. The van der Waals surface area contributed by atoms with Crippen LogP contribution in [0.25, 0.3) is 0 Å². The Kier molecular flexibility index (Phi) is 4.62. The van der Waals surface area contributed by atoms with Crippen molar-refractivity contribution in [1.29, 1.82) is 5.26 Å². The second-order valence-corrected chi connectivity index (χ2v) is 5.37. The molecule has 0 saturated carbocycles. The third-order valence-corrected chi connectivity index (χ3v) is 3.54. The van der Waals surface area contributed by atoms with Gasteiger partial charge in [-0.1, -0.05) is 35.4 Å². The van der Waals surface area contributed by atoms with Gasteiger partial charge in [-0.25, -0.2) is 0 Å². The molecule has 0 bridgehead atoms. The minimum atomic E-state index is -0.129. The van der Waals surface area contributed by atoms with E-state index in [9.17, 15) is 4.79 Å². The highest BCUT2D eigenvalue weighted by molar-refractivity contribution is 6.33. The first kappa shape index (κ1) is 15.1. The minimum Gasteiger partial charge on any atom is -0.324 e. The zero-order valence-corrected chi connectivity index (χ0v) is 12.7. The summed E-state index contributed by atoms with van der Waals surface area (Å²) in [5.41, 5.74) is 4.19. The fraction of sp³-hybridized carbons (Fsp3) is 0.176. The van der Waals surface area contributed by atoms with E-state index in [1.54, 1.807) is 12.1 Å². The highest BCUT2D eigenvalue weighted by Gasteiger charge is 2.09. The fourth-order valence-corrected chi connectivity index (χ4v) is 2.27. The Morgan fingerprint density at radius 1 is 1.24 bits per heavy atom. The summed E-state index contributed by atoms with van der Waals surface area (Å²) in [5, 5.41) is 11.9. The van der Waals surface area contributed by atoms with E-state index < -0.39 is 0 Å². The molecular formula is C17H15ClN2O. The van der Waals surface area contributed by atoms with E-state index in [1.807, 2.05) is 38.1 Å². The Morgan fingerprint density at radius 3 is 2.67 bits per heavy atom. The zero-order valence-electron chi connectivity index (χ0n) is 11.9. The highest BCUT2D eigenvalue weighted by atomic mass is 35.5. The van der Waals surface area contributed by atoms with Crippen molar-refractivity contribution in [1.82, 2.24) is 0 Å². The molecule has 1 N–H and O–H groups in total. The van der Waals surface area contributed by atoms with E-state index in [-0.39, 0.29) is 5.91 Å². The van der Waals surface area contributed by atoms with E-state index >= 15 is 0 Å². The standard InChI is InChI=1S/C17H15ClN2O/c1-11-3-4-12(2)14(7-11)9-17(21)20-16-6-5-13(10-19)8-15(16)18/h3-8H,9H2,1-2H3,(H,20,21). The zero-order chi connectivity index (χ0) is 15.4. The number of hydrogen-bond acceptors (Lipinski definition) is 2. The first-order chi connectivity index (χ1) is 9.99. The molecule has 0 aliphatic carbocycles. The molecule has 0 heterocycles. The molecule has 0 atom stereocenters. The summed E-state index contributed by atoms with van der Waals surface area (Å²) < 4.78 is 0. The van der Waals surface area contributed by atoms with Crippen molar-refractivity contribution in [2.24, 2.45) is 0 Å². The number of halogens is 1. The van der Waals surface area contributed by atoms with Crippen LogP contribution in [0.3, 0.4) is 0 Å². The van der Waals surface area contributed by atoms with E-state index in [1.165, 1.54) is 6.07 Å². The summed E-state index contributed by atoms with van der Waals surface area (Å²) in [5.74, 6) is -0.129. The summed E-state index contributed by atoms with van der Waals surface area (Å²) in [6, 6.07) is 12.8. The predicted octanol–water partition coefficient (Wildman–Crippen LogP) is 4.01. The third kappa shape index (κ3) is 3.84. The molecule has 2 aromatic rings. The molecular weight excluding hydrogens is 284 g/mol. The monoisotopic (exact) mass is 298 g/mol.